The van der Waals surface area contributed by atoms with Gasteiger partial charge in [0.2, 0.25) is 0 Å². The number of rotatable bonds is 7. The Balaban J connectivity index is 1.18. The van der Waals surface area contributed by atoms with E-state index in [4.69, 9.17) is 4.74 Å². The minimum Gasteiger partial charge on any atom is -0.489 e. The highest BCUT2D eigenvalue weighted by Crippen LogP contribution is 2.26. The average molecular weight is 506 g/mol. The summed E-state index contributed by atoms with van der Waals surface area (Å²) in [5, 5.41) is 14.2. The van der Waals surface area contributed by atoms with Crippen LogP contribution in [-0.4, -0.2) is 52.3 Å². The number of nitrogens with zero attached hydrogens (tertiary/aromatic N) is 4. The van der Waals surface area contributed by atoms with E-state index in [-0.39, 0.29) is 5.91 Å². The Kier molecular flexibility index (Phi) is 6.65. The highest BCUT2D eigenvalue weighted by molar-refractivity contribution is 6.11. The normalized spacial score (nSPS) is 13.4. The van der Waals surface area contributed by atoms with Gasteiger partial charge in [0.05, 0.1) is 17.4 Å². The number of aromatic amines is 1. The molecule has 0 aliphatic carbocycles. The third-order valence-corrected chi connectivity index (χ3v) is 6.50. The van der Waals surface area contributed by atoms with Crippen LogP contribution in [0.1, 0.15) is 16.1 Å². The first kappa shape index (κ1) is 23.6. The van der Waals surface area contributed by atoms with E-state index in [9.17, 15) is 4.79 Å². The molecule has 3 aromatic heterocycles. The lowest BCUT2D eigenvalue weighted by molar-refractivity contribution is 0.102. The van der Waals surface area contributed by atoms with Gasteiger partial charge in [-0.2, -0.15) is 5.10 Å². The quantitative estimate of drug-likeness (QED) is 0.303. The van der Waals surface area contributed by atoms with Gasteiger partial charge in [-0.05, 0) is 48.0 Å². The lowest BCUT2D eigenvalue weighted by Gasteiger charge is -2.28. The fraction of sp³-hybridized carbons (Fsp3) is 0.172. The summed E-state index contributed by atoms with van der Waals surface area (Å²) in [4.78, 5) is 24.3. The molecule has 38 heavy (non-hydrogen) atoms. The molecule has 0 radical (unpaired) electrons. The van der Waals surface area contributed by atoms with Crippen LogP contribution in [0.3, 0.4) is 0 Å². The minimum absolute atomic E-state index is 0.298. The number of carbonyl (C=O) groups is 1. The fourth-order valence-electron chi connectivity index (χ4n) is 4.51. The SMILES string of the molecule is O=C(Nc1ccc(N2CCNCC2)nc1)c1n[nH]c2ccc(-c3cncc(COc4ccccc4)c3)cc12. The number of piperazine rings is 1. The van der Waals surface area contributed by atoms with Crippen LogP contribution in [0.5, 0.6) is 5.75 Å². The highest BCUT2D eigenvalue weighted by Gasteiger charge is 2.17. The number of amides is 1. The number of H-pyrrole nitrogens is 1. The number of benzene rings is 2. The lowest BCUT2D eigenvalue weighted by Crippen LogP contribution is -2.43. The number of para-hydroxylation sites is 1. The second-order valence-corrected chi connectivity index (χ2v) is 9.11. The number of hydrogen-bond donors (Lipinski definition) is 3. The summed E-state index contributed by atoms with van der Waals surface area (Å²) in [6.45, 7) is 4.12. The molecule has 0 unspecified atom stereocenters. The second-order valence-electron chi connectivity index (χ2n) is 9.11. The summed E-state index contributed by atoms with van der Waals surface area (Å²) < 4.78 is 5.87. The third-order valence-electron chi connectivity index (χ3n) is 6.50. The molecule has 1 fully saturated rings. The predicted molar refractivity (Wildman–Crippen MR) is 147 cm³/mol. The molecule has 190 valence electrons. The molecule has 9 heteroatoms. The predicted octanol–water partition coefficient (Wildman–Crippen LogP) is 4.26. The van der Waals surface area contributed by atoms with E-state index in [0.29, 0.717) is 18.0 Å². The Morgan fingerprint density at radius 1 is 0.947 bits per heavy atom. The molecule has 1 saturated heterocycles. The summed E-state index contributed by atoms with van der Waals surface area (Å²) in [6.07, 6.45) is 5.28. The molecule has 2 aromatic carbocycles. The first-order valence-electron chi connectivity index (χ1n) is 12.6. The summed E-state index contributed by atoms with van der Waals surface area (Å²) >= 11 is 0. The number of hydrogen-bond acceptors (Lipinski definition) is 7. The zero-order valence-corrected chi connectivity index (χ0v) is 20.7. The van der Waals surface area contributed by atoms with E-state index in [0.717, 1.165) is 65.3 Å². The maximum absolute atomic E-state index is 13.1. The smallest absolute Gasteiger partial charge is 0.276 e. The van der Waals surface area contributed by atoms with Crippen LogP contribution in [0.25, 0.3) is 22.0 Å². The van der Waals surface area contributed by atoms with E-state index < -0.39 is 0 Å². The van der Waals surface area contributed by atoms with Gasteiger partial charge in [-0.3, -0.25) is 14.9 Å². The first-order chi connectivity index (χ1) is 18.7. The van der Waals surface area contributed by atoms with Gasteiger partial charge in [0.15, 0.2) is 5.69 Å². The minimum atomic E-state index is -0.298. The van der Waals surface area contributed by atoms with Gasteiger partial charge in [-0.15, -0.1) is 0 Å². The van der Waals surface area contributed by atoms with Crippen molar-refractivity contribution in [3.63, 3.8) is 0 Å². The van der Waals surface area contributed by atoms with Crippen molar-refractivity contribution in [3.05, 3.63) is 96.6 Å². The van der Waals surface area contributed by atoms with Crippen LogP contribution >= 0.6 is 0 Å². The fourth-order valence-corrected chi connectivity index (χ4v) is 4.51. The van der Waals surface area contributed by atoms with Gasteiger partial charge < -0.3 is 20.3 Å². The molecule has 1 amide bonds. The maximum Gasteiger partial charge on any atom is 0.276 e. The molecule has 6 rings (SSSR count). The van der Waals surface area contributed by atoms with Crippen LogP contribution in [0.2, 0.25) is 0 Å². The van der Waals surface area contributed by atoms with Crippen molar-refractivity contribution in [2.24, 2.45) is 0 Å². The number of ether oxygens (including phenoxy) is 1. The molecule has 0 bridgehead atoms. The molecule has 5 aromatic rings. The van der Waals surface area contributed by atoms with Crippen LogP contribution < -0.4 is 20.3 Å². The van der Waals surface area contributed by atoms with E-state index in [1.165, 1.54) is 0 Å². The van der Waals surface area contributed by atoms with Crippen molar-refractivity contribution < 1.29 is 9.53 Å². The van der Waals surface area contributed by atoms with Crippen LogP contribution in [-0.2, 0) is 6.61 Å². The Labute approximate surface area is 219 Å². The summed E-state index contributed by atoms with van der Waals surface area (Å²) in [6, 6.07) is 21.4. The van der Waals surface area contributed by atoms with Gasteiger partial charge in [0, 0.05) is 55.1 Å². The number of nitrogens with one attached hydrogen (secondary N) is 3. The van der Waals surface area contributed by atoms with Crippen LogP contribution in [0.4, 0.5) is 11.5 Å². The van der Waals surface area contributed by atoms with Crippen molar-refractivity contribution in [1.82, 2.24) is 25.5 Å². The molecule has 3 N–H and O–H groups in total. The topological polar surface area (TPSA) is 108 Å². The van der Waals surface area contributed by atoms with Crippen molar-refractivity contribution in [2.45, 2.75) is 6.61 Å². The number of aromatic nitrogens is 4. The molecule has 0 spiro atoms. The first-order valence-corrected chi connectivity index (χ1v) is 12.6. The molecular formula is C29H27N7O2. The lowest BCUT2D eigenvalue weighted by atomic mass is 10.0. The Hall–Kier alpha value is -4.76. The number of fused-ring (bicyclic) bond motifs is 1. The van der Waals surface area contributed by atoms with E-state index in [1.54, 1.807) is 18.6 Å². The Morgan fingerprint density at radius 2 is 1.82 bits per heavy atom. The largest absolute Gasteiger partial charge is 0.489 e. The van der Waals surface area contributed by atoms with E-state index in [1.807, 2.05) is 66.7 Å². The Bertz CT molecular complexity index is 1540. The van der Waals surface area contributed by atoms with Crippen molar-refractivity contribution in [2.75, 3.05) is 36.4 Å². The molecule has 4 heterocycles. The van der Waals surface area contributed by atoms with Crippen LogP contribution in [0, 0.1) is 0 Å². The molecule has 1 aliphatic heterocycles. The summed E-state index contributed by atoms with van der Waals surface area (Å²) in [7, 11) is 0. The van der Waals surface area contributed by atoms with Crippen molar-refractivity contribution >= 4 is 28.3 Å². The van der Waals surface area contributed by atoms with Crippen molar-refractivity contribution in [3.8, 4) is 16.9 Å². The molecular weight excluding hydrogens is 478 g/mol. The van der Waals surface area contributed by atoms with E-state index >= 15 is 0 Å². The number of carbonyl (C=O) groups excluding carboxylic acids is 1. The summed E-state index contributed by atoms with van der Waals surface area (Å²) in [5.41, 5.74) is 4.54. The number of pyridine rings is 2. The standard InChI is InChI=1S/C29H27N7O2/c37-29(33-23-7-9-27(32-18-23)36-12-10-30-11-13-36)28-25-15-21(6-8-26(25)34-35-28)22-14-20(16-31-17-22)19-38-24-4-2-1-3-5-24/h1-9,14-18,30H,10-13,19H2,(H,33,37)(H,34,35). The average Bonchev–Trinajstić information content (AvgIpc) is 3.41. The van der Waals surface area contributed by atoms with Gasteiger partial charge >= 0.3 is 0 Å². The molecule has 1 aliphatic rings. The monoisotopic (exact) mass is 505 g/mol. The molecule has 9 nitrogen and oxygen atoms in total. The number of anilines is 2. The van der Waals surface area contributed by atoms with Crippen LogP contribution in [0.15, 0.2) is 85.3 Å². The van der Waals surface area contributed by atoms with Gasteiger partial charge in [-0.25, -0.2) is 4.98 Å². The van der Waals surface area contributed by atoms with Crippen molar-refractivity contribution in [1.29, 1.82) is 0 Å². The molecule has 0 atom stereocenters. The zero-order chi connectivity index (χ0) is 25.7. The van der Waals surface area contributed by atoms with Gasteiger partial charge in [-0.1, -0.05) is 24.3 Å². The maximum atomic E-state index is 13.1. The summed E-state index contributed by atoms with van der Waals surface area (Å²) in [5.74, 6) is 1.42. The Morgan fingerprint density at radius 3 is 2.63 bits per heavy atom. The van der Waals surface area contributed by atoms with E-state index in [2.05, 4.69) is 35.7 Å². The van der Waals surface area contributed by atoms with Gasteiger partial charge in [0.25, 0.3) is 5.91 Å². The van der Waals surface area contributed by atoms with Gasteiger partial charge in [0.1, 0.15) is 18.2 Å². The molecule has 0 saturated carbocycles. The zero-order valence-electron chi connectivity index (χ0n) is 20.7. The second kappa shape index (κ2) is 10.7. The third kappa shape index (κ3) is 5.18. The highest BCUT2D eigenvalue weighted by atomic mass is 16.5.